The number of rotatable bonds is 5. The Balaban J connectivity index is 1.02. The van der Waals surface area contributed by atoms with Gasteiger partial charge in [-0.05, 0) is 127 Å². The highest BCUT2D eigenvalue weighted by molar-refractivity contribution is 7.25. The summed E-state index contributed by atoms with van der Waals surface area (Å²) < 4.78 is 9.29. The number of benzene rings is 6. The fourth-order valence-electron chi connectivity index (χ4n) is 10.5. The summed E-state index contributed by atoms with van der Waals surface area (Å²) in [5.41, 5.74) is 9.62. The first kappa shape index (κ1) is 28.0. The third-order valence-corrected chi connectivity index (χ3v) is 13.4. The van der Waals surface area contributed by atoms with E-state index in [1.165, 1.54) is 75.5 Å². The van der Waals surface area contributed by atoms with Gasteiger partial charge in [0.1, 0.15) is 5.58 Å². The first-order valence-electron chi connectivity index (χ1n) is 18.0. The largest absolute Gasteiger partial charge is 0.454 e. The monoisotopic (exact) mass is 651 g/mol. The summed E-state index contributed by atoms with van der Waals surface area (Å²) in [6.45, 7) is 0. The molecule has 4 aliphatic rings. The second-order valence-corrected chi connectivity index (χ2v) is 16.3. The maximum atomic E-state index is 6.61. The van der Waals surface area contributed by atoms with Gasteiger partial charge in [0.2, 0.25) is 0 Å². The molecular weight excluding hydrogens is 615 g/mol. The Kier molecular flexibility index (Phi) is 6.04. The molecule has 3 heteroatoms. The van der Waals surface area contributed by atoms with Crippen LogP contribution in [-0.2, 0) is 5.41 Å². The van der Waals surface area contributed by atoms with Crippen LogP contribution in [0.15, 0.2) is 138 Å². The van der Waals surface area contributed by atoms with Gasteiger partial charge in [-0.25, -0.2) is 0 Å². The van der Waals surface area contributed by atoms with Gasteiger partial charge in [0, 0.05) is 42.3 Å². The summed E-state index contributed by atoms with van der Waals surface area (Å²) in [6.07, 6.45) is 8.57. The molecule has 6 aromatic carbocycles. The molecule has 12 rings (SSSR count). The lowest BCUT2D eigenvalue weighted by atomic mass is 9.48. The van der Waals surface area contributed by atoms with Crippen molar-refractivity contribution in [2.45, 2.75) is 43.9 Å². The predicted molar refractivity (Wildman–Crippen MR) is 207 cm³/mol. The van der Waals surface area contributed by atoms with Crippen molar-refractivity contribution in [1.82, 2.24) is 0 Å². The van der Waals surface area contributed by atoms with Gasteiger partial charge in [-0.1, -0.05) is 84.9 Å². The third-order valence-electron chi connectivity index (χ3n) is 12.2. The van der Waals surface area contributed by atoms with Crippen LogP contribution in [0.4, 0.5) is 17.1 Å². The van der Waals surface area contributed by atoms with Crippen molar-refractivity contribution < 1.29 is 4.42 Å². The average molecular weight is 652 g/mol. The normalized spacial score (nSPS) is 22.9. The van der Waals surface area contributed by atoms with Gasteiger partial charge in [0.25, 0.3) is 0 Å². The zero-order valence-electron chi connectivity index (χ0n) is 27.4. The minimum atomic E-state index is 0.383. The summed E-state index contributed by atoms with van der Waals surface area (Å²) >= 11 is 1.88. The van der Waals surface area contributed by atoms with Crippen LogP contribution >= 0.6 is 11.3 Å². The highest BCUT2D eigenvalue weighted by Crippen LogP contribution is 2.61. The number of hydrogen-bond donors (Lipinski definition) is 0. The minimum absolute atomic E-state index is 0.383. The van der Waals surface area contributed by atoms with Crippen molar-refractivity contribution in [1.29, 1.82) is 0 Å². The predicted octanol–water partition coefficient (Wildman–Crippen LogP) is 13.6. The molecule has 0 amide bonds. The fourth-order valence-corrected chi connectivity index (χ4v) is 11.6. The van der Waals surface area contributed by atoms with Gasteiger partial charge in [-0.2, -0.15) is 0 Å². The topological polar surface area (TPSA) is 16.4 Å². The van der Waals surface area contributed by atoms with Crippen molar-refractivity contribution in [3.63, 3.8) is 0 Å². The molecule has 2 nitrogen and oxygen atoms in total. The van der Waals surface area contributed by atoms with Gasteiger partial charge >= 0.3 is 0 Å². The molecule has 0 aliphatic heterocycles. The summed E-state index contributed by atoms with van der Waals surface area (Å²) in [4.78, 5) is 2.40. The van der Waals surface area contributed by atoms with Crippen molar-refractivity contribution in [3.8, 4) is 11.1 Å². The highest BCUT2D eigenvalue weighted by Gasteiger charge is 2.51. The van der Waals surface area contributed by atoms with Crippen LogP contribution < -0.4 is 4.90 Å². The Hall–Kier alpha value is -4.86. The molecule has 2 heterocycles. The Labute approximate surface area is 290 Å². The number of hydrogen-bond acceptors (Lipinski definition) is 3. The lowest BCUT2D eigenvalue weighted by Crippen LogP contribution is -2.48. The second kappa shape index (κ2) is 10.6. The highest BCUT2D eigenvalue weighted by atomic mass is 32.1. The van der Waals surface area contributed by atoms with E-state index in [-0.39, 0.29) is 0 Å². The summed E-state index contributed by atoms with van der Waals surface area (Å²) in [5, 5.41) is 4.98. The Morgan fingerprint density at radius 1 is 0.531 bits per heavy atom. The molecule has 49 heavy (non-hydrogen) atoms. The van der Waals surface area contributed by atoms with Crippen molar-refractivity contribution in [2.75, 3.05) is 4.90 Å². The van der Waals surface area contributed by atoms with E-state index in [2.05, 4.69) is 138 Å². The van der Waals surface area contributed by atoms with Gasteiger partial charge in [0.05, 0.1) is 5.69 Å². The summed E-state index contributed by atoms with van der Waals surface area (Å²) in [6, 6.07) is 49.4. The lowest BCUT2D eigenvalue weighted by molar-refractivity contribution is -0.00518. The van der Waals surface area contributed by atoms with Crippen LogP contribution in [0.3, 0.4) is 0 Å². The van der Waals surface area contributed by atoms with Crippen molar-refractivity contribution in [3.05, 3.63) is 139 Å². The molecule has 4 bridgehead atoms. The number of thiophene rings is 1. The lowest BCUT2D eigenvalue weighted by Gasteiger charge is -2.57. The van der Waals surface area contributed by atoms with Crippen LogP contribution in [-0.4, -0.2) is 0 Å². The maximum absolute atomic E-state index is 6.61. The first-order chi connectivity index (χ1) is 24.2. The van der Waals surface area contributed by atoms with Crippen molar-refractivity contribution >= 4 is 70.5 Å². The Bertz CT molecular complexity index is 2500. The van der Waals surface area contributed by atoms with E-state index in [0.717, 1.165) is 51.1 Å². The SMILES string of the molecule is c1ccc2c(c1)oc1c(N(c3ccc(-c4ccc5c(c4)sc4ccccc45)cc3)c3ccc(C45CC6CC(CC(C6)C4)C5)cc3)cccc12. The minimum Gasteiger partial charge on any atom is -0.454 e. The smallest absolute Gasteiger partial charge is 0.159 e. The molecule has 0 radical (unpaired) electrons. The van der Waals surface area contributed by atoms with Crippen LogP contribution in [0.25, 0.3) is 53.2 Å². The van der Waals surface area contributed by atoms with Gasteiger partial charge < -0.3 is 9.32 Å². The molecule has 0 atom stereocenters. The van der Waals surface area contributed by atoms with Crippen LogP contribution in [0.5, 0.6) is 0 Å². The maximum Gasteiger partial charge on any atom is 0.159 e. The zero-order chi connectivity index (χ0) is 32.1. The molecular formula is C46H37NOS. The molecule has 2 aromatic heterocycles. The molecule has 238 valence electrons. The third kappa shape index (κ3) is 4.38. The van der Waals surface area contributed by atoms with Crippen LogP contribution in [0.2, 0.25) is 0 Å². The molecule has 4 saturated carbocycles. The van der Waals surface area contributed by atoms with E-state index >= 15 is 0 Å². The number of para-hydroxylation sites is 2. The second-order valence-electron chi connectivity index (χ2n) is 15.2. The van der Waals surface area contributed by atoms with E-state index in [4.69, 9.17) is 4.42 Å². The van der Waals surface area contributed by atoms with E-state index in [1.54, 1.807) is 5.56 Å². The zero-order valence-corrected chi connectivity index (χ0v) is 28.3. The molecule has 0 N–H and O–H groups in total. The van der Waals surface area contributed by atoms with Gasteiger partial charge in [-0.3, -0.25) is 0 Å². The quantitative estimate of drug-likeness (QED) is 0.184. The summed E-state index contributed by atoms with van der Waals surface area (Å²) in [5.74, 6) is 2.81. The molecule has 4 aliphatic carbocycles. The van der Waals surface area contributed by atoms with E-state index in [0.29, 0.717) is 5.41 Å². The van der Waals surface area contributed by atoms with Crippen LogP contribution in [0, 0.1) is 17.8 Å². The summed E-state index contributed by atoms with van der Waals surface area (Å²) in [7, 11) is 0. The van der Waals surface area contributed by atoms with E-state index < -0.39 is 0 Å². The van der Waals surface area contributed by atoms with Gasteiger partial charge in [-0.15, -0.1) is 11.3 Å². The molecule has 4 fully saturated rings. The Morgan fingerprint density at radius 3 is 1.90 bits per heavy atom. The van der Waals surface area contributed by atoms with E-state index in [9.17, 15) is 0 Å². The van der Waals surface area contributed by atoms with Crippen molar-refractivity contribution in [2.24, 2.45) is 17.8 Å². The first-order valence-corrected chi connectivity index (χ1v) is 18.8. The van der Waals surface area contributed by atoms with E-state index in [1.807, 2.05) is 11.3 Å². The molecule has 8 aromatic rings. The molecule has 0 unspecified atom stereocenters. The fraction of sp³-hybridized carbons (Fsp3) is 0.217. The number of nitrogens with zero attached hydrogens (tertiary/aromatic N) is 1. The number of furan rings is 1. The van der Waals surface area contributed by atoms with Gasteiger partial charge in [0.15, 0.2) is 5.58 Å². The standard InChI is InChI=1S/C46H37NOS/c1-3-10-42-37(6-1)40-8-5-9-41(45(40)48-42)47(36-19-15-34(16-20-36)46-26-29-22-30(27-46)24-31(23-29)28-46)35-17-12-32(13-18-35)33-14-21-39-38-7-2-4-11-43(38)49-44(39)25-33/h1-21,25,29-31H,22-24,26-28H2. The molecule has 0 saturated heterocycles. The number of anilines is 3. The Morgan fingerprint density at radius 2 is 1.14 bits per heavy atom. The average Bonchev–Trinajstić information content (AvgIpc) is 3.70. The number of fused-ring (bicyclic) bond motifs is 6. The van der Waals surface area contributed by atoms with Crippen LogP contribution in [0.1, 0.15) is 44.1 Å². The molecule has 0 spiro atoms.